The largest absolute Gasteiger partial charge is 0.456 e. The Morgan fingerprint density at radius 1 is 0.279 bits per heavy atom. The van der Waals surface area contributed by atoms with Gasteiger partial charge in [0.05, 0.1) is 0 Å². The average Bonchev–Trinajstić information content (AvgIpc) is 3.67. The van der Waals surface area contributed by atoms with Gasteiger partial charge in [0, 0.05) is 10.8 Å². The third kappa shape index (κ3) is 5.52. The summed E-state index contributed by atoms with van der Waals surface area (Å²) in [6, 6.07) is 53.5. The smallest absolute Gasteiger partial charge is 0.139 e. The van der Waals surface area contributed by atoms with E-state index in [1.807, 2.05) is 0 Å². The van der Waals surface area contributed by atoms with Crippen LogP contribution in [0.3, 0.4) is 0 Å². The molecule has 0 N–H and O–H groups in total. The number of benzene rings is 10. The van der Waals surface area contributed by atoms with Crippen molar-refractivity contribution in [3.05, 3.63) is 146 Å². The highest BCUT2D eigenvalue weighted by atomic mass is 16.3. The van der Waals surface area contributed by atoms with Gasteiger partial charge in [0.25, 0.3) is 0 Å². The maximum atomic E-state index is 6.58. The molecule has 0 saturated heterocycles. The van der Waals surface area contributed by atoms with Crippen LogP contribution in [0.1, 0.15) is 0 Å². The minimum absolute atomic E-state index is 0.911. The van der Waals surface area contributed by atoms with Gasteiger partial charge in [-0.3, -0.25) is 0 Å². The lowest BCUT2D eigenvalue weighted by Crippen LogP contribution is -2.50. The Kier molecular flexibility index (Phi) is 8.66. The topological polar surface area (TPSA) is 13.1 Å². The van der Waals surface area contributed by atoms with Gasteiger partial charge in [0.15, 0.2) is 0 Å². The molecule has 0 aliphatic rings. The molecule has 0 aliphatic heterocycles. The van der Waals surface area contributed by atoms with E-state index in [2.05, 4.69) is 208 Å². The Labute approximate surface area is 364 Å². The van der Waals surface area contributed by atoms with Crippen LogP contribution in [0.4, 0.5) is 0 Å². The van der Waals surface area contributed by atoms with E-state index in [1.54, 1.807) is 0 Å². The highest BCUT2D eigenvalue weighted by molar-refractivity contribution is 6.71. The van der Waals surface area contributed by atoms with Crippen LogP contribution in [-0.2, 0) is 0 Å². The van der Waals surface area contributed by atoms with Crippen LogP contribution in [0.25, 0.3) is 110 Å². The molecule has 0 radical (unpaired) electrons. The molecule has 0 bridgehead atoms. The molecule has 9 heteroatoms. The number of hydrogen-bond acceptors (Lipinski definition) is 1. The second kappa shape index (κ2) is 14.1. The van der Waals surface area contributed by atoms with Crippen LogP contribution in [-0.4, -0.2) is 62.8 Å². The molecule has 0 spiro atoms. The summed E-state index contributed by atoms with van der Waals surface area (Å²) in [7, 11) is 18.7. The van der Waals surface area contributed by atoms with Crippen molar-refractivity contribution in [2.24, 2.45) is 0 Å². The summed E-state index contributed by atoms with van der Waals surface area (Å²) in [5, 5.41) is 12.7. The van der Waals surface area contributed by atoms with Crippen LogP contribution in [0.2, 0.25) is 0 Å². The van der Waals surface area contributed by atoms with Crippen molar-refractivity contribution in [1.29, 1.82) is 0 Å². The summed E-state index contributed by atoms with van der Waals surface area (Å²) in [5.41, 5.74) is 22.7. The highest BCUT2D eigenvalue weighted by Crippen LogP contribution is 2.45. The van der Waals surface area contributed by atoms with Gasteiger partial charge in [-0.05, 0) is 112 Å². The maximum absolute atomic E-state index is 6.58. The molecule has 11 rings (SSSR count). The first-order valence-electron chi connectivity index (χ1n) is 21.6. The van der Waals surface area contributed by atoms with Crippen LogP contribution < -0.4 is 43.7 Å². The van der Waals surface area contributed by atoms with Crippen molar-refractivity contribution >= 4 is 172 Å². The second-order valence-corrected chi connectivity index (χ2v) is 17.4. The molecule has 0 amide bonds. The van der Waals surface area contributed by atoms with E-state index in [-0.39, 0.29) is 0 Å². The SMILES string of the molecule is Bc1c(B)c(B)c2c(-c3ccc(-c4ccccc4)c4ccccc34)c3c(B)c(B)c(B)c(B)c3c(-c3cccc(-c4cccc5oc6cc7ccccc7cc6c45)c3)c2c1B. The maximum Gasteiger partial charge on any atom is 0.139 e. The first-order chi connectivity index (χ1) is 29.6. The molecular formula is C52H40B8O. The van der Waals surface area contributed by atoms with Crippen molar-refractivity contribution in [3.8, 4) is 44.5 Å². The van der Waals surface area contributed by atoms with Crippen LogP contribution >= 0.6 is 0 Å². The molecule has 10 aromatic carbocycles. The van der Waals surface area contributed by atoms with Gasteiger partial charge in [0.1, 0.15) is 73.9 Å². The van der Waals surface area contributed by atoms with E-state index in [1.165, 1.54) is 131 Å². The van der Waals surface area contributed by atoms with Crippen LogP contribution in [0.15, 0.2) is 150 Å². The molecule has 0 saturated carbocycles. The molecule has 1 heterocycles. The van der Waals surface area contributed by atoms with Crippen molar-refractivity contribution in [2.45, 2.75) is 0 Å². The third-order valence-corrected chi connectivity index (χ3v) is 14.5. The molecule has 0 atom stereocenters. The standard InChI is InChI=1S/C52H40B8O/c53-45-41-38(29-15-8-14-28(22-29)31-18-9-19-36-39(31)35-23-26-12-4-5-13-27(26)24-37(35)61-36)42-44(48(56)52(60)50(58)46(42)54)40(43(41)47(55)51(59)49(45)57)34-21-20-30(25-10-2-1-3-11-25)32-16-6-7-17-33(32)34/h1-24H,53-60H2. The summed E-state index contributed by atoms with van der Waals surface area (Å²) in [6.45, 7) is 0. The number of hydrogen-bond donors (Lipinski definition) is 0. The van der Waals surface area contributed by atoms with Gasteiger partial charge in [0.2, 0.25) is 0 Å². The fraction of sp³-hybridized carbons (Fsp3) is 0. The van der Waals surface area contributed by atoms with E-state index in [4.69, 9.17) is 4.42 Å². The number of fused-ring (bicyclic) bond motifs is 7. The Morgan fingerprint density at radius 2 is 0.770 bits per heavy atom. The van der Waals surface area contributed by atoms with Crippen molar-refractivity contribution in [1.82, 2.24) is 0 Å². The average molecular weight is 767 g/mol. The predicted octanol–water partition coefficient (Wildman–Crippen LogP) is 0.934. The number of rotatable bonds is 4. The first-order valence-corrected chi connectivity index (χ1v) is 21.6. The minimum atomic E-state index is 0.911. The molecule has 278 valence electrons. The second-order valence-electron chi connectivity index (χ2n) is 17.4. The van der Waals surface area contributed by atoms with Gasteiger partial charge in [-0.1, -0.05) is 143 Å². The molecule has 0 fully saturated rings. The summed E-state index contributed by atoms with van der Waals surface area (Å²) in [4.78, 5) is 0. The van der Waals surface area contributed by atoms with Crippen molar-refractivity contribution in [3.63, 3.8) is 0 Å². The predicted molar refractivity (Wildman–Crippen MR) is 291 cm³/mol. The fourth-order valence-corrected chi connectivity index (χ4v) is 10.7. The Balaban J connectivity index is 1.28. The quantitative estimate of drug-likeness (QED) is 0.192. The van der Waals surface area contributed by atoms with Gasteiger partial charge < -0.3 is 4.42 Å². The molecule has 11 aromatic rings. The number of furan rings is 1. The first kappa shape index (κ1) is 37.6. The summed E-state index contributed by atoms with van der Waals surface area (Å²) in [6.07, 6.45) is 0. The van der Waals surface area contributed by atoms with Crippen LogP contribution in [0, 0.1) is 0 Å². The van der Waals surface area contributed by atoms with Gasteiger partial charge in [-0.25, -0.2) is 0 Å². The normalized spacial score (nSPS) is 11.8. The summed E-state index contributed by atoms with van der Waals surface area (Å²) >= 11 is 0. The van der Waals surface area contributed by atoms with E-state index in [9.17, 15) is 0 Å². The van der Waals surface area contributed by atoms with Crippen LogP contribution in [0.5, 0.6) is 0 Å². The summed E-state index contributed by atoms with van der Waals surface area (Å²) < 4.78 is 6.58. The van der Waals surface area contributed by atoms with Gasteiger partial charge in [-0.2, -0.15) is 0 Å². The fourth-order valence-electron chi connectivity index (χ4n) is 10.7. The van der Waals surface area contributed by atoms with E-state index in [0.717, 1.165) is 21.9 Å². The lowest BCUT2D eigenvalue weighted by molar-refractivity contribution is 0.669. The molecular weight excluding hydrogens is 727 g/mol. The molecule has 1 nitrogen and oxygen atoms in total. The van der Waals surface area contributed by atoms with E-state index in [0.29, 0.717) is 0 Å². The molecule has 61 heavy (non-hydrogen) atoms. The highest BCUT2D eigenvalue weighted by Gasteiger charge is 2.26. The van der Waals surface area contributed by atoms with Crippen molar-refractivity contribution in [2.75, 3.05) is 0 Å². The molecule has 0 aliphatic carbocycles. The van der Waals surface area contributed by atoms with Gasteiger partial charge in [-0.15, -0.1) is 21.9 Å². The third-order valence-electron chi connectivity index (χ3n) is 14.5. The zero-order valence-electron chi connectivity index (χ0n) is 36.3. The Hall–Kier alpha value is -6.44. The zero-order chi connectivity index (χ0) is 41.8. The van der Waals surface area contributed by atoms with E-state index < -0.39 is 0 Å². The minimum Gasteiger partial charge on any atom is -0.456 e. The van der Waals surface area contributed by atoms with E-state index >= 15 is 0 Å². The van der Waals surface area contributed by atoms with Gasteiger partial charge >= 0.3 is 0 Å². The molecule has 0 unspecified atom stereocenters. The summed E-state index contributed by atoms with van der Waals surface area (Å²) in [5.74, 6) is 0. The monoisotopic (exact) mass is 768 g/mol. The molecule has 1 aromatic heterocycles. The Morgan fingerprint density at radius 3 is 1.41 bits per heavy atom. The zero-order valence-corrected chi connectivity index (χ0v) is 36.3. The Bertz CT molecular complexity index is 3610. The lowest BCUT2D eigenvalue weighted by atomic mass is 9.59. The van der Waals surface area contributed by atoms with Crippen molar-refractivity contribution < 1.29 is 4.42 Å². The lowest BCUT2D eigenvalue weighted by Gasteiger charge is -2.28.